The number of piperidine rings is 1. The molecule has 0 aliphatic carbocycles. The van der Waals surface area contributed by atoms with Gasteiger partial charge in [-0.3, -0.25) is 9.59 Å². The van der Waals surface area contributed by atoms with Crippen molar-refractivity contribution in [2.24, 2.45) is 5.92 Å². The molecule has 1 aliphatic rings. The summed E-state index contributed by atoms with van der Waals surface area (Å²) >= 11 is 0. The Kier molecular flexibility index (Phi) is 4.42. The minimum atomic E-state index is -0.0285. The number of nitrogens with zero attached hydrogens (tertiary/aromatic N) is 2. The number of carbonyl (C=O) groups is 2. The number of aromatic nitrogens is 1. The molecule has 1 saturated heterocycles. The molecule has 110 valence electrons. The van der Waals surface area contributed by atoms with Gasteiger partial charge in [0.1, 0.15) is 11.3 Å². The fourth-order valence-corrected chi connectivity index (χ4v) is 2.65. The lowest BCUT2D eigenvalue weighted by atomic mass is 9.97. The largest absolute Gasteiger partial charge is 0.361 e. The Labute approximate surface area is 118 Å². The van der Waals surface area contributed by atoms with Crippen molar-refractivity contribution in [1.29, 1.82) is 0 Å². The maximum absolute atomic E-state index is 12.5. The highest BCUT2D eigenvalue weighted by Crippen LogP contribution is 2.21. The summed E-state index contributed by atoms with van der Waals surface area (Å²) in [6.07, 6.45) is 1.99. The standard InChI is InChI=1S/C14H21N3O3/c1-9-13(10(2)20-16-9)14(19)17-6-4-5-12(8-17)7-15-11(3)18/h12H,4-8H2,1-3H3,(H,15,18). The van der Waals surface area contributed by atoms with Crippen LogP contribution in [0.3, 0.4) is 0 Å². The molecule has 1 N–H and O–H groups in total. The first-order chi connectivity index (χ1) is 9.49. The van der Waals surface area contributed by atoms with Crippen LogP contribution in [0.25, 0.3) is 0 Å². The Morgan fingerprint density at radius 3 is 2.80 bits per heavy atom. The van der Waals surface area contributed by atoms with Crippen LogP contribution in [0.2, 0.25) is 0 Å². The first-order valence-electron chi connectivity index (χ1n) is 6.95. The minimum absolute atomic E-state index is 0.0197. The predicted octanol–water partition coefficient (Wildman–Crippen LogP) is 1.28. The number of aryl methyl sites for hydroxylation is 2. The van der Waals surface area contributed by atoms with Crippen LogP contribution in [-0.2, 0) is 4.79 Å². The Bertz CT molecular complexity index is 490. The Morgan fingerprint density at radius 1 is 1.45 bits per heavy atom. The Balaban J connectivity index is 2.02. The molecule has 1 fully saturated rings. The maximum Gasteiger partial charge on any atom is 0.259 e. The molecule has 1 atom stereocenters. The SMILES string of the molecule is CC(=O)NCC1CCCN(C(=O)c2c(C)noc2C)C1. The Hall–Kier alpha value is -1.85. The van der Waals surface area contributed by atoms with Gasteiger partial charge in [0.2, 0.25) is 5.91 Å². The number of amides is 2. The maximum atomic E-state index is 12.5. The number of hydrogen-bond acceptors (Lipinski definition) is 4. The van der Waals surface area contributed by atoms with E-state index in [1.807, 2.05) is 4.90 Å². The second kappa shape index (κ2) is 6.07. The lowest BCUT2D eigenvalue weighted by Crippen LogP contribution is -2.43. The fraction of sp³-hybridized carbons (Fsp3) is 0.643. The van der Waals surface area contributed by atoms with Crippen LogP contribution in [0.5, 0.6) is 0 Å². The lowest BCUT2D eigenvalue weighted by Gasteiger charge is -2.32. The van der Waals surface area contributed by atoms with Crippen LogP contribution in [0.1, 0.15) is 41.6 Å². The van der Waals surface area contributed by atoms with Gasteiger partial charge in [-0.05, 0) is 32.6 Å². The Morgan fingerprint density at radius 2 is 2.20 bits per heavy atom. The molecular weight excluding hydrogens is 258 g/mol. The van der Waals surface area contributed by atoms with E-state index in [2.05, 4.69) is 10.5 Å². The number of rotatable bonds is 3. The third kappa shape index (κ3) is 3.18. The predicted molar refractivity (Wildman–Crippen MR) is 73.3 cm³/mol. The summed E-state index contributed by atoms with van der Waals surface area (Å²) in [5, 5.41) is 6.66. The van der Waals surface area contributed by atoms with Gasteiger partial charge in [0.15, 0.2) is 0 Å². The van der Waals surface area contributed by atoms with E-state index in [0.717, 1.165) is 19.4 Å². The normalized spacial score (nSPS) is 18.9. The average molecular weight is 279 g/mol. The topological polar surface area (TPSA) is 75.4 Å². The molecule has 0 saturated carbocycles. The summed E-state index contributed by atoms with van der Waals surface area (Å²) in [5.41, 5.74) is 1.21. The zero-order chi connectivity index (χ0) is 14.7. The zero-order valence-corrected chi connectivity index (χ0v) is 12.2. The van der Waals surface area contributed by atoms with Gasteiger partial charge in [-0.15, -0.1) is 0 Å². The third-order valence-corrected chi connectivity index (χ3v) is 3.69. The first kappa shape index (κ1) is 14.6. The molecule has 6 heteroatoms. The molecule has 2 rings (SSSR count). The smallest absolute Gasteiger partial charge is 0.259 e. The second-order valence-corrected chi connectivity index (χ2v) is 5.40. The van der Waals surface area contributed by atoms with E-state index in [0.29, 0.717) is 36.0 Å². The highest BCUT2D eigenvalue weighted by atomic mass is 16.5. The average Bonchev–Trinajstić information content (AvgIpc) is 2.75. The van der Waals surface area contributed by atoms with Crippen molar-refractivity contribution >= 4 is 11.8 Å². The molecule has 0 aromatic carbocycles. The fourth-order valence-electron chi connectivity index (χ4n) is 2.65. The van der Waals surface area contributed by atoms with Gasteiger partial charge in [-0.2, -0.15) is 0 Å². The van der Waals surface area contributed by atoms with Crippen LogP contribution in [-0.4, -0.2) is 41.5 Å². The summed E-state index contributed by atoms with van der Waals surface area (Å²) in [6.45, 7) is 7.09. The molecule has 20 heavy (non-hydrogen) atoms. The highest BCUT2D eigenvalue weighted by molar-refractivity contribution is 5.96. The zero-order valence-electron chi connectivity index (χ0n) is 12.2. The van der Waals surface area contributed by atoms with Crippen molar-refractivity contribution in [2.45, 2.75) is 33.6 Å². The minimum Gasteiger partial charge on any atom is -0.361 e. The summed E-state index contributed by atoms with van der Waals surface area (Å²) < 4.78 is 5.06. The van der Waals surface area contributed by atoms with Gasteiger partial charge in [-0.25, -0.2) is 0 Å². The molecular formula is C14H21N3O3. The van der Waals surface area contributed by atoms with E-state index in [1.54, 1.807) is 13.8 Å². The van der Waals surface area contributed by atoms with Crippen molar-refractivity contribution in [3.05, 3.63) is 17.0 Å². The van der Waals surface area contributed by atoms with Gasteiger partial charge in [0.05, 0.1) is 5.69 Å². The molecule has 2 heterocycles. The van der Waals surface area contributed by atoms with Crippen LogP contribution >= 0.6 is 0 Å². The van der Waals surface area contributed by atoms with Crippen molar-refractivity contribution in [1.82, 2.24) is 15.4 Å². The molecule has 0 bridgehead atoms. The lowest BCUT2D eigenvalue weighted by molar-refractivity contribution is -0.119. The molecule has 6 nitrogen and oxygen atoms in total. The van der Waals surface area contributed by atoms with Crippen LogP contribution in [0, 0.1) is 19.8 Å². The van der Waals surface area contributed by atoms with Crippen molar-refractivity contribution in [2.75, 3.05) is 19.6 Å². The summed E-state index contributed by atoms with van der Waals surface area (Å²) in [4.78, 5) is 25.3. The number of likely N-dealkylation sites (tertiary alicyclic amines) is 1. The van der Waals surface area contributed by atoms with Gasteiger partial charge in [0.25, 0.3) is 5.91 Å². The van der Waals surface area contributed by atoms with E-state index in [4.69, 9.17) is 4.52 Å². The second-order valence-electron chi connectivity index (χ2n) is 5.40. The highest BCUT2D eigenvalue weighted by Gasteiger charge is 2.28. The van der Waals surface area contributed by atoms with Crippen molar-refractivity contribution in [3.63, 3.8) is 0 Å². The van der Waals surface area contributed by atoms with Gasteiger partial charge in [0, 0.05) is 26.6 Å². The molecule has 0 radical (unpaired) electrons. The first-order valence-corrected chi connectivity index (χ1v) is 6.95. The van der Waals surface area contributed by atoms with E-state index in [-0.39, 0.29) is 11.8 Å². The summed E-state index contributed by atoms with van der Waals surface area (Å²) in [7, 11) is 0. The van der Waals surface area contributed by atoms with Crippen molar-refractivity contribution in [3.8, 4) is 0 Å². The third-order valence-electron chi connectivity index (χ3n) is 3.69. The number of nitrogens with one attached hydrogen (secondary N) is 1. The van der Waals surface area contributed by atoms with Gasteiger partial charge in [-0.1, -0.05) is 5.16 Å². The van der Waals surface area contributed by atoms with Crippen molar-refractivity contribution < 1.29 is 14.1 Å². The van der Waals surface area contributed by atoms with Gasteiger partial charge < -0.3 is 14.7 Å². The quantitative estimate of drug-likeness (QED) is 0.904. The van der Waals surface area contributed by atoms with Crippen LogP contribution in [0.15, 0.2) is 4.52 Å². The summed E-state index contributed by atoms with van der Waals surface area (Å²) in [5.74, 6) is 0.835. The molecule has 0 spiro atoms. The number of hydrogen-bond donors (Lipinski definition) is 1. The van der Waals surface area contributed by atoms with Crippen LogP contribution in [0.4, 0.5) is 0 Å². The van der Waals surface area contributed by atoms with E-state index in [1.165, 1.54) is 6.92 Å². The van der Waals surface area contributed by atoms with Crippen LogP contribution < -0.4 is 5.32 Å². The molecule has 1 aromatic heterocycles. The number of carbonyl (C=O) groups excluding carboxylic acids is 2. The monoisotopic (exact) mass is 279 g/mol. The van der Waals surface area contributed by atoms with E-state index < -0.39 is 0 Å². The van der Waals surface area contributed by atoms with E-state index in [9.17, 15) is 9.59 Å². The molecule has 2 amide bonds. The molecule has 1 aliphatic heterocycles. The summed E-state index contributed by atoms with van der Waals surface area (Å²) in [6, 6.07) is 0. The molecule has 1 unspecified atom stereocenters. The molecule has 1 aromatic rings. The van der Waals surface area contributed by atoms with Gasteiger partial charge >= 0.3 is 0 Å². The van der Waals surface area contributed by atoms with E-state index >= 15 is 0 Å².